The molecule has 1 unspecified atom stereocenters. The maximum absolute atomic E-state index is 12.7. The zero-order valence-corrected chi connectivity index (χ0v) is 22.8. The number of anilines is 1. The van der Waals surface area contributed by atoms with E-state index in [4.69, 9.17) is 27.9 Å². The Morgan fingerprint density at radius 2 is 1.95 bits per heavy atom. The molecule has 0 aliphatic carbocycles. The molecule has 11 heteroatoms. The number of nitrogens with one attached hydrogen (secondary N) is 2. The summed E-state index contributed by atoms with van der Waals surface area (Å²) in [7, 11) is 0. The number of carboxylic acid groups (broad SMARTS) is 1. The lowest BCUT2D eigenvalue weighted by atomic mass is 9.72. The van der Waals surface area contributed by atoms with Crippen LogP contribution >= 0.6 is 23.2 Å². The van der Waals surface area contributed by atoms with Crippen molar-refractivity contribution < 1.29 is 19.4 Å². The summed E-state index contributed by atoms with van der Waals surface area (Å²) in [6.07, 6.45) is 1.15. The second kappa shape index (κ2) is 11.0. The first-order valence-electron chi connectivity index (χ1n) is 12.3. The summed E-state index contributed by atoms with van der Waals surface area (Å²) in [5.74, 6) is -0.840. The summed E-state index contributed by atoms with van der Waals surface area (Å²) in [5, 5.41) is 15.1. The molecule has 37 heavy (non-hydrogen) atoms. The molecule has 2 aromatic rings. The van der Waals surface area contributed by atoms with Gasteiger partial charge in [-0.15, -0.1) is 0 Å². The number of carboxylic acids is 1. The molecule has 0 radical (unpaired) electrons. The fourth-order valence-electron chi connectivity index (χ4n) is 4.87. The highest BCUT2D eigenvalue weighted by Crippen LogP contribution is 2.40. The second-order valence-corrected chi connectivity index (χ2v) is 11.5. The quantitative estimate of drug-likeness (QED) is 0.387. The molecule has 3 N–H and O–H groups in total. The van der Waals surface area contributed by atoms with Crippen LogP contribution in [0.3, 0.4) is 0 Å². The third-order valence-electron chi connectivity index (χ3n) is 6.74. The number of benzene rings is 1. The standard InChI is InChI=1S/C26H33Cl2N5O4/c1-4-21(37-23-20(28)9-18(27)11-30-23)22(34)29-10-17-6-5-7-19(8-17)31-33-15-26(16-33)13-32(14-26)12-25(2,3)24(35)36/h5-9,11,21,31H,4,10,12-16H2,1-3H3,(H,29,34)(H,35,36). The first-order chi connectivity index (χ1) is 17.5. The Hall–Kier alpha value is -2.59. The highest BCUT2D eigenvalue weighted by molar-refractivity contribution is 6.35. The number of carbonyl (C=O) groups is 2. The number of likely N-dealkylation sites (tertiary alicyclic amines) is 1. The maximum atomic E-state index is 12.7. The number of halogens is 2. The number of hydrazine groups is 1. The van der Waals surface area contributed by atoms with Gasteiger partial charge in [0.25, 0.3) is 5.91 Å². The molecule has 2 aliphatic rings. The van der Waals surface area contributed by atoms with E-state index in [2.05, 4.69) is 25.6 Å². The lowest BCUT2D eigenvalue weighted by Gasteiger charge is -2.61. The average Bonchev–Trinajstić information content (AvgIpc) is 2.79. The van der Waals surface area contributed by atoms with Crippen LogP contribution in [0.2, 0.25) is 10.0 Å². The molecule has 1 aromatic heterocycles. The molecule has 1 atom stereocenters. The molecule has 200 valence electrons. The molecule has 2 saturated heterocycles. The van der Waals surface area contributed by atoms with Crippen LogP contribution in [0.5, 0.6) is 5.88 Å². The van der Waals surface area contributed by atoms with Crippen molar-refractivity contribution in [2.75, 3.05) is 38.1 Å². The van der Waals surface area contributed by atoms with E-state index in [1.165, 1.54) is 12.3 Å². The Morgan fingerprint density at radius 3 is 2.59 bits per heavy atom. The second-order valence-electron chi connectivity index (χ2n) is 10.7. The van der Waals surface area contributed by atoms with Gasteiger partial charge < -0.3 is 25.5 Å². The van der Waals surface area contributed by atoms with Gasteiger partial charge >= 0.3 is 5.97 Å². The van der Waals surface area contributed by atoms with Crippen molar-refractivity contribution >= 4 is 40.8 Å². The van der Waals surface area contributed by atoms with E-state index < -0.39 is 17.5 Å². The third kappa shape index (κ3) is 6.65. The van der Waals surface area contributed by atoms with Crippen LogP contribution < -0.4 is 15.5 Å². The minimum absolute atomic E-state index is 0.173. The SMILES string of the molecule is CCC(Oc1ncc(Cl)cc1Cl)C(=O)NCc1cccc(NN2CC3(CN(CC(C)(C)C(=O)O)C3)C2)c1. The number of pyridine rings is 1. The molecule has 2 aliphatic heterocycles. The maximum Gasteiger partial charge on any atom is 0.310 e. The van der Waals surface area contributed by atoms with Gasteiger partial charge in [-0.2, -0.15) is 0 Å². The molecular weight excluding hydrogens is 517 g/mol. The van der Waals surface area contributed by atoms with Crippen molar-refractivity contribution in [3.05, 3.63) is 52.1 Å². The highest BCUT2D eigenvalue weighted by atomic mass is 35.5. The Bertz CT molecular complexity index is 1150. The van der Waals surface area contributed by atoms with Crippen molar-refractivity contribution in [2.45, 2.75) is 39.8 Å². The fourth-order valence-corrected chi connectivity index (χ4v) is 5.29. The van der Waals surface area contributed by atoms with Crippen molar-refractivity contribution in [3.8, 4) is 5.88 Å². The van der Waals surface area contributed by atoms with Gasteiger partial charge in [-0.25, -0.2) is 9.99 Å². The predicted molar refractivity (Wildman–Crippen MR) is 143 cm³/mol. The molecule has 1 aromatic carbocycles. The number of hydrogen-bond acceptors (Lipinski definition) is 7. The summed E-state index contributed by atoms with van der Waals surface area (Å²) < 4.78 is 5.71. The van der Waals surface area contributed by atoms with E-state index in [0.29, 0.717) is 24.5 Å². The van der Waals surface area contributed by atoms with Crippen molar-refractivity contribution in [3.63, 3.8) is 0 Å². The topological polar surface area (TPSA) is 107 Å². The van der Waals surface area contributed by atoms with Crippen molar-refractivity contribution in [1.29, 1.82) is 0 Å². The van der Waals surface area contributed by atoms with E-state index >= 15 is 0 Å². The van der Waals surface area contributed by atoms with E-state index in [0.717, 1.165) is 37.4 Å². The summed E-state index contributed by atoms with van der Waals surface area (Å²) >= 11 is 12.0. The summed E-state index contributed by atoms with van der Waals surface area (Å²) in [6, 6.07) is 9.42. The summed E-state index contributed by atoms with van der Waals surface area (Å²) in [4.78, 5) is 30.4. The lowest BCUT2D eigenvalue weighted by molar-refractivity contribution is -0.154. The zero-order chi connectivity index (χ0) is 26.8. The summed E-state index contributed by atoms with van der Waals surface area (Å²) in [5.41, 5.74) is 4.85. The summed E-state index contributed by atoms with van der Waals surface area (Å²) in [6.45, 7) is 9.98. The van der Waals surface area contributed by atoms with Gasteiger partial charge in [0, 0.05) is 56.6 Å². The molecule has 2 fully saturated rings. The van der Waals surface area contributed by atoms with Gasteiger partial charge in [-0.05, 0) is 44.0 Å². The van der Waals surface area contributed by atoms with E-state index in [1.807, 2.05) is 31.2 Å². The normalized spacial score (nSPS) is 18.0. The van der Waals surface area contributed by atoms with Gasteiger partial charge in [-0.1, -0.05) is 42.3 Å². The Kier molecular flexibility index (Phi) is 8.18. The molecule has 1 spiro atoms. The zero-order valence-electron chi connectivity index (χ0n) is 21.3. The van der Waals surface area contributed by atoms with Crippen molar-refractivity contribution in [2.24, 2.45) is 10.8 Å². The third-order valence-corrected chi connectivity index (χ3v) is 7.22. The Labute approximate surface area is 227 Å². The monoisotopic (exact) mass is 549 g/mol. The number of aromatic nitrogens is 1. The number of nitrogens with zero attached hydrogens (tertiary/aromatic N) is 3. The molecule has 1 amide bonds. The number of rotatable bonds is 11. The Morgan fingerprint density at radius 1 is 1.22 bits per heavy atom. The van der Waals surface area contributed by atoms with Gasteiger partial charge in [0.05, 0.1) is 10.4 Å². The molecule has 0 saturated carbocycles. The Balaban J connectivity index is 1.22. The van der Waals surface area contributed by atoms with Crippen LogP contribution in [0, 0.1) is 10.8 Å². The number of hydrogen-bond donors (Lipinski definition) is 3. The van der Waals surface area contributed by atoms with Crippen LogP contribution in [0.4, 0.5) is 5.69 Å². The number of aliphatic carboxylic acids is 1. The van der Waals surface area contributed by atoms with Crippen LogP contribution in [0.1, 0.15) is 32.8 Å². The molecule has 9 nitrogen and oxygen atoms in total. The van der Waals surface area contributed by atoms with Gasteiger partial charge in [0.1, 0.15) is 5.02 Å². The lowest BCUT2D eigenvalue weighted by Crippen LogP contribution is -2.73. The smallest absolute Gasteiger partial charge is 0.310 e. The molecule has 4 rings (SSSR count). The molecule has 3 heterocycles. The van der Waals surface area contributed by atoms with Crippen molar-refractivity contribution in [1.82, 2.24) is 20.2 Å². The van der Waals surface area contributed by atoms with E-state index in [-0.39, 0.29) is 22.2 Å². The largest absolute Gasteiger partial charge is 0.481 e. The number of carbonyl (C=O) groups excluding carboxylic acids is 1. The van der Waals surface area contributed by atoms with Crippen LogP contribution in [0.15, 0.2) is 36.5 Å². The van der Waals surface area contributed by atoms with Crippen LogP contribution in [-0.2, 0) is 16.1 Å². The van der Waals surface area contributed by atoms with Gasteiger partial charge in [0.2, 0.25) is 5.88 Å². The van der Waals surface area contributed by atoms with E-state index in [1.54, 1.807) is 13.8 Å². The molecule has 0 bridgehead atoms. The fraction of sp³-hybridized carbons (Fsp3) is 0.500. The first kappa shape index (κ1) is 27.4. The van der Waals surface area contributed by atoms with Gasteiger partial charge in [0.15, 0.2) is 6.10 Å². The van der Waals surface area contributed by atoms with E-state index in [9.17, 15) is 14.7 Å². The first-order valence-corrected chi connectivity index (χ1v) is 13.1. The van der Waals surface area contributed by atoms with Gasteiger partial charge in [-0.3, -0.25) is 9.59 Å². The minimum atomic E-state index is -0.762. The average molecular weight is 550 g/mol. The highest BCUT2D eigenvalue weighted by Gasteiger charge is 2.52. The van der Waals surface area contributed by atoms with Crippen LogP contribution in [-0.4, -0.2) is 70.7 Å². The predicted octanol–water partition coefficient (Wildman–Crippen LogP) is 3.92. The van der Waals surface area contributed by atoms with Crippen LogP contribution in [0.25, 0.3) is 0 Å². The number of amides is 1. The number of ether oxygens (including phenoxy) is 1. The molecular formula is C26H33Cl2N5O4. The minimum Gasteiger partial charge on any atom is -0.481 e.